The highest BCUT2D eigenvalue weighted by Crippen LogP contribution is 2.05. The fourth-order valence-electron chi connectivity index (χ4n) is 2.24. The van der Waals surface area contributed by atoms with Crippen molar-refractivity contribution in [2.24, 2.45) is 0 Å². The Morgan fingerprint density at radius 2 is 2.50 bits per heavy atom. The van der Waals surface area contributed by atoms with Crippen molar-refractivity contribution in [3.63, 3.8) is 0 Å². The molecule has 0 bridgehead atoms. The molecule has 0 aliphatic carbocycles. The molecular formula is C12H22N4. The lowest BCUT2D eigenvalue weighted by molar-refractivity contribution is 0.529. The quantitative estimate of drug-likeness (QED) is 0.629. The molecule has 2 rings (SSSR count). The van der Waals surface area contributed by atoms with Crippen LogP contribution in [0.1, 0.15) is 30.5 Å². The molecule has 0 spiro atoms. The van der Waals surface area contributed by atoms with Crippen LogP contribution in [-0.2, 0) is 6.42 Å². The Kier molecular flexibility index (Phi) is 4.36. The topological polar surface area (TPSA) is 52.7 Å². The van der Waals surface area contributed by atoms with Crippen LogP contribution >= 0.6 is 0 Å². The zero-order chi connectivity index (χ0) is 11.2. The highest BCUT2D eigenvalue weighted by Gasteiger charge is 2.12. The average Bonchev–Trinajstić information content (AvgIpc) is 2.90. The van der Waals surface area contributed by atoms with Gasteiger partial charge in [0, 0.05) is 18.3 Å². The van der Waals surface area contributed by atoms with Gasteiger partial charge in [0.25, 0.3) is 0 Å². The summed E-state index contributed by atoms with van der Waals surface area (Å²) in [4.78, 5) is 0. The number of hydrogen-bond donors (Lipinski definition) is 3. The van der Waals surface area contributed by atoms with Gasteiger partial charge in [-0.2, -0.15) is 5.10 Å². The van der Waals surface area contributed by atoms with E-state index in [1.807, 2.05) is 6.20 Å². The number of rotatable bonds is 6. The van der Waals surface area contributed by atoms with E-state index in [1.165, 1.54) is 37.1 Å². The molecular weight excluding hydrogens is 200 g/mol. The van der Waals surface area contributed by atoms with E-state index >= 15 is 0 Å². The third-order valence-electron chi connectivity index (χ3n) is 3.29. The molecule has 1 atom stereocenters. The smallest absolute Gasteiger partial charge is 0.0522 e. The van der Waals surface area contributed by atoms with E-state index in [9.17, 15) is 0 Å². The summed E-state index contributed by atoms with van der Waals surface area (Å²) in [6, 6.07) is 0.704. The molecule has 90 valence electrons. The first-order valence-electron chi connectivity index (χ1n) is 6.29. The molecule has 3 N–H and O–H groups in total. The van der Waals surface area contributed by atoms with Crippen molar-refractivity contribution < 1.29 is 0 Å². The summed E-state index contributed by atoms with van der Waals surface area (Å²) in [6.07, 6.45) is 6.91. The van der Waals surface area contributed by atoms with Crippen molar-refractivity contribution in [1.82, 2.24) is 20.8 Å². The highest BCUT2D eigenvalue weighted by molar-refractivity contribution is 5.14. The van der Waals surface area contributed by atoms with Gasteiger partial charge in [0.15, 0.2) is 0 Å². The van der Waals surface area contributed by atoms with Crippen molar-refractivity contribution in [2.45, 2.75) is 38.6 Å². The zero-order valence-corrected chi connectivity index (χ0v) is 10.1. The molecule has 1 saturated heterocycles. The van der Waals surface area contributed by atoms with Crippen LogP contribution in [0, 0.1) is 6.92 Å². The van der Waals surface area contributed by atoms with Crippen LogP contribution in [0.25, 0.3) is 0 Å². The summed E-state index contributed by atoms with van der Waals surface area (Å²) in [5, 5.41) is 14.0. The van der Waals surface area contributed by atoms with Gasteiger partial charge in [-0.3, -0.25) is 5.10 Å². The first-order chi connectivity index (χ1) is 7.86. The number of nitrogens with one attached hydrogen (secondary N) is 3. The molecule has 0 saturated carbocycles. The summed E-state index contributed by atoms with van der Waals surface area (Å²) >= 11 is 0. The second-order valence-electron chi connectivity index (χ2n) is 4.62. The minimum Gasteiger partial charge on any atom is -0.315 e. The molecule has 0 radical (unpaired) electrons. The molecule has 4 nitrogen and oxygen atoms in total. The second-order valence-corrected chi connectivity index (χ2v) is 4.62. The van der Waals surface area contributed by atoms with E-state index in [-0.39, 0.29) is 0 Å². The number of nitrogens with zero attached hydrogens (tertiary/aromatic N) is 1. The molecule has 1 aliphatic rings. The van der Waals surface area contributed by atoms with Gasteiger partial charge in [-0.05, 0) is 51.3 Å². The number of aryl methyl sites for hydroxylation is 2. The van der Waals surface area contributed by atoms with Gasteiger partial charge in [-0.15, -0.1) is 0 Å². The Morgan fingerprint density at radius 3 is 3.19 bits per heavy atom. The lowest BCUT2D eigenvalue weighted by Crippen LogP contribution is -2.34. The Balaban J connectivity index is 1.53. The monoisotopic (exact) mass is 222 g/mol. The molecule has 1 aromatic rings. The van der Waals surface area contributed by atoms with E-state index in [4.69, 9.17) is 0 Å². The largest absolute Gasteiger partial charge is 0.315 e. The van der Waals surface area contributed by atoms with Gasteiger partial charge in [-0.1, -0.05) is 0 Å². The fraction of sp³-hybridized carbons (Fsp3) is 0.750. The normalized spacial score (nSPS) is 20.4. The lowest BCUT2D eigenvalue weighted by Gasteiger charge is -2.10. The van der Waals surface area contributed by atoms with Gasteiger partial charge in [-0.25, -0.2) is 0 Å². The maximum absolute atomic E-state index is 4.03. The predicted octanol–water partition coefficient (Wildman–Crippen LogP) is 0.992. The van der Waals surface area contributed by atoms with Gasteiger partial charge < -0.3 is 10.6 Å². The number of aromatic amines is 1. The van der Waals surface area contributed by atoms with Crippen LogP contribution in [0.5, 0.6) is 0 Å². The van der Waals surface area contributed by atoms with Gasteiger partial charge >= 0.3 is 0 Å². The van der Waals surface area contributed by atoms with Crippen LogP contribution in [-0.4, -0.2) is 35.9 Å². The second kappa shape index (κ2) is 6.01. The summed E-state index contributed by atoms with van der Waals surface area (Å²) < 4.78 is 0. The van der Waals surface area contributed by atoms with Crippen molar-refractivity contribution in [3.8, 4) is 0 Å². The summed E-state index contributed by atoms with van der Waals surface area (Å²) in [5.41, 5.74) is 2.55. The number of aromatic nitrogens is 2. The Morgan fingerprint density at radius 1 is 1.56 bits per heavy atom. The Hall–Kier alpha value is -0.870. The molecule has 1 fully saturated rings. The van der Waals surface area contributed by atoms with Crippen molar-refractivity contribution in [2.75, 3.05) is 19.6 Å². The molecule has 1 aliphatic heterocycles. The maximum Gasteiger partial charge on any atom is 0.0522 e. The average molecular weight is 222 g/mol. The minimum absolute atomic E-state index is 0.704. The van der Waals surface area contributed by atoms with Gasteiger partial charge in [0.05, 0.1) is 6.20 Å². The molecule has 1 aromatic heterocycles. The molecule has 2 heterocycles. The van der Waals surface area contributed by atoms with Crippen molar-refractivity contribution in [1.29, 1.82) is 0 Å². The third kappa shape index (κ3) is 3.32. The maximum atomic E-state index is 4.03. The van der Waals surface area contributed by atoms with Crippen LogP contribution in [0.3, 0.4) is 0 Å². The molecule has 1 unspecified atom stereocenters. The molecule has 0 aromatic carbocycles. The third-order valence-corrected chi connectivity index (χ3v) is 3.29. The summed E-state index contributed by atoms with van der Waals surface area (Å²) in [6.45, 7) is 5.49. The van der Waals surface area contributed by atoms with E-state index in [0.29, 0.717) is 6.04 Å². The van der Waals surface area contributed by atoms with Gasteiger partial charge in [0.1, 0.15) is 0 Å². The van der Waals surface area contributed by atoms with E-state index < -0.39 is 0 Å². The first-order valence-corrected chi connectivity index (χ1v) is 6.29. The molecule has 16 heavy (non-hydrogen) atoms. The van der Waals surface area contributed by atoms with Crippen LogP contribution in [0.15, 0.2) is 6.20 Å². The van der Waals surface area contributed by atoms with Crippen LogP contribution in [0.2, 0.25) is 0 Å². The van der Waals surface area contributed by atoms with E-state index in [2.05, 4.69) is 27.8 Å². The first kappa shape index (κ1) is 11.6. The minimum atomic E-state index is 0.704. The SMILES string of the molecule is Cc1[nH]ncc1CCCNCC1CCCN1. The fourth-order valence-corrected chi connectivity index (χ4v) is 2.24. The van der Waals surface area contributed by atoms with E-state index in [1.54, 1.807) is 0 Å². The highest BCUT2D eigenvalue weighted by atomic mass is 15.1. The van der Waals surface area contributed by atoms with E-state index in [0.717, 1.165) is 19.5 Å². The summed E-state index contributed by atoms with van der Waals surface area (Å²) in [7, 11) is 0. The number of H-pyrrole nitrogens is 1. The Labute approximate surface area is 97.2 Å². The van der Waals surface area contributed by atoms with Gasteiger partial charge in [0.2, 0.25) is 0 Å². The van der Waals surface area contributed by atoms with Crippen LogP contribution < -0.4 is 10.6 Å². The molecule has 0 amide bonds. The summed E-state index contributed by atoms with van der Waals surface area (Å²) in [5.74, 6) is 0. The number of hydrogen-bond acceptors (Lipinski definition) is 3. The van der Waals surface area contributed by atoms with Crippen LogP contribution in [0.4, 0.5) is 0 Å². The Bertz CT molecular complexity index is 302. The van der Waals surface area contributed by atoms with Crippen molar-refractivity contribution >= 4 is 0 Å². The lowest BCUT2D eigenvalue weighted by atomic mass is 10.1. The molecule has 4 heteroatoms. The zero-order valence-electron chi connectivity index (χ0n) is 10.1. The van der Waals surface area contributed by atoms with Crippen molar-refractivity contribution in [3.05, 3.63) is 17.5 Å². The predicted molar refractivity (Wildman–Crippen MR) is 65.5 cm³/mol. The standard InChI is InChI=1S/C12H22N4/c1-10-11(8-15-16-10)4-2-6-13-9-12-5-3-7-14-12/h8,12-14H,2-7,9H2,1H3,(H,15,16).